The van der Waals surface area contributed by atoms with Crippen molar-refractivity contribution in [2.24, 2.45) is 0 Å². The molecule has 1 aromatic heterocycles. The molecule has 0 fully saturated rings. The molecule has 138 valence electrons. The fraction of sp³-hybridized carbons (Fsp3) is 0.150. The molecule has 0 aliphatic carbocycles. The number of nitrogens with one attached hydrogen (secondary N) is 2. The number of hydrogen-bond acceptors (Lipinski definition) is 4. The number of aromatic nitrogens is 1. The molecule has 7 heteroatoms. The van der Waals surface area contributed by atoms with Crippen LogP contribution in [-0.2, 0) is 4.79 Å². The number of carbonyl (C=O) groups excluding carboxylic acids is 2. The van der Waals surface area contributed by atoms with E-state index in [0.29, 0.717) is 21.4 Å². The number of benzene rings is 2. The van der Waals surface area contributed by atoms with Crippen LogP contribution in [0.2, 0.25) is 5.02 Å². The number of rotatable bonds is 6. The predicted octanol–water partition coefficient (Wildman–Crippen LogP) is 4.53. The molecule has 0 aliphatic rings. The minimum atomic E-state index is -0.209. The highest BCUT2D eigenvalue weighted by molar-refractivity contribution is 7.14. The van der Waals surface area contributed by atoms with Crippen molar-refractivity contribution in [3.63, 3.8) is 0 Å². The van der Waals surface area contributed by atoms with Crippen LogP contribution < -0.4 is 10.6 Å². The maximum atomic E-state index is 12.1. The van der Waals surface area contributed by atoms with E-state index in [1.165, 1.54) is 11.3 Å². The van der Waals surface area contributed by atoms with Crippen molar-refractivity contribution in [2.75, 3.05) is 11.9 Å². The maximum absolute atomic E-state index is 12.1. The average Bonchev–Trinajstić information content (AvgIpc) is 3.10. The van der Waals surface area contributed by atoms with Crippen LogP contribution >= 0.6 is 22.9 Å². The summed E-state index contributed by atoms with van der Waals surface area (Å²) >= 11 is 7.50. The van der Waals surface area contributed by atoms with Gasteiger partial charge in [0.25, 0.3) is 5.91 Å². The Morgan fingerprint density at radius 3 is 2.74 bits per heavy atom. The van der Waals surface area contributed by atoms with E-state index < -0.39 is 0 Å². The molecular weight excluding hydrogens is 382 g/mol. The van der Waals surface area contributed by atoms with Crippen molar-refractivity contribution in [3.05, 3.63) is 70.1 Å². The summed E-state index contributed by atoms with van der Waals surface area (Å²) in [6.45, 7) is 2.18. The Labute approximate surface area is 166 Å². The molecule has 3 rings (SSSR count). The van der Waals surface area contributed by atoms with Crippen LogP contribution in [0, 0.1) is 6.92 Å². The number of anilines is 1. The van der Waals surface area contributed by atoms with Gasteiger partial charge < -0.3 is 10.6 Å². The Kier molecular flexibility index (Phi) is 6.21. The van der Waals surface area contributed by atoms with Crippen molar-refractivity contribution in [1.82, 2.24) is 10.3 Å². The van der Waals surface area contributed by atoms with Gasteiger partial charge in [-0.05, 0) is 25.1 Å². The van der Waals surface area contributed by atoms with Gasteiger partial charge in [0.05, 0.1) is 5.69 Å². The van der Waals surface area contributed by atoms with E-state index in [9.17, 15) is 9.59 Å². The van der Waals surface area contributed by atoms with Crippen molar-refractivity contribution < 1.29 is 9.59 Å². The van der Waals surface area contributed by atoms with Crippen molar-refractivity contribution in [1.29, 1.82) is 0 Å². The first-order valence-corrected chi connectivity index (χ1v) is 9.64. The van der Waals surface area contributed by atoms with E-state index in [1.807, 2.05) is 42.6 Å². The molecule has 0 aliphatic heterocycles. The highest BCUT2D eigenvalue weighted by Gasteiger charge is 2.11. The number of carbonyl (C=O) groups is 2. The monoisotopic (exact) mass is 399 g/mol. The van der Waals surface area contributed by atoms with Gasteiger partial charge in [-0.1, -0.05) is 47.5 Å². The average molecular weight is 400 g/mol. The van der Waals surface area contributed by atoms with E-state index in [2.05, 4.69) is 15.6 Å². The standard InChI is InChI=1S/C20H18ClN3O2S/c1-13-5-4-6-14(11-13)19(26)22-10-9-18(25)24-20-23-17(12-27-20)15-7-2-3-8-16(15)21/h2-8,11-12H,9-10H2,1H3,(H,22,26)(H,23,24,25). The second-order valence-corrected chi connectivity index (χ2v) is 7.21. The van der Waals surface area contributed by atoms with Gasteiger partial charge in [-0.25, -0.2) is 4.98 Å². The molecule has 2 amide bonds. The lowest BCUT2D eigenvalue weighted by atomic mass is 10.1. The quantitative estimate of drug-likeness (QED) is 0.639. The Balaban J connectivity index is 1.50. The van der Waals surface area contributed by atoms with Crippen molar-refractivity contribution in [2.45, 2.75) is 13.3 Å². The molecule has 0 radical (unpaired) electrons. The largest absolute Gasteiger partial charge is 0.352 e. The summed E-state index contributed by atoms with van der Waals surface area (Å²) in [5, 5.41) is 8.45. The second-order valence-electron chi connectivity index (χ2n) is 5.94. The molecular formula is C20H18ClN3O2S. The summed E-state index contributed by atoms with van der Waals surface area (Å²) in [6, 6.07) is 14.7. The van der Waals surface area contributed by atoms with E-state index >= 15 is 0 Å². The molecule has 0 atom stereocenters. The van der Waals surface area contributed by atoms with Gasteiger partial charge in [0.1, 0.15) is 0 Å². The van der Waals surface area contributed by atoms with Crippen molar-refractivity contribution in [3.8, 4) is 11.3 Å². The molecule has 27 heavy (non-hydrogen) atoms. The first-order chi connectivity index (χ1) is 13.0. The summed E-state index contributed by atoms with van der Waals surface area (Å²) in [4.78, 5) is 28.5. The highest BCUT2D eigenvalue weighted by atomic mass is 35.5. The third kappa shape index (κ3) is 5.15. The third-order valence-corrected chi connectivity index (χ3v) is 4.91. The Morgan fingerprint density at radius 1 is 1.15 bits per heavy atom. The van der Waals surface area contributed by atoms with Gasteiger partial charge in [0, 0.05) is 34.5 Å². The minimum absolute atomic E-state index is 0.165. The molecule has 0 saturated carbocycles. The topological polar surface area (TPSA) is 71.1 Å². The number of nitrogens with zero attached hydrogens (tertiary/aromatic N) is 1. The smallest absolute Gasteiger partial charge is 0.251 e. The SMILES string of the molecule is Cc1cccc(C(=O)NCCC(=O)Nc2nc(-c3ccccc3Cl)cs2)c1. The lowest BCUT2D eigenvalue weighted by Crippen LogP contribution is -2.27. The first kappa shape index (κ1) is 19.1. The van der Waals surface area contributed by atoms with Gasteiger partial charge >= 0.3 is 0 Å². The van der Waals surface area contributed by atoms with Crippen LogP contribution in [0.5, 0.6) is 0 Å². The minimum Gasteiger partial charge on any atom is -0.352 e. The van der Waals surface area contributed by atoms with Gasteiger partial charge in [0.15, 0.2) is 5.13 Å². The number of aryl methyl sites for hydroxylation is 1. The van der Waals surface area contributed by atoms with Crippen LogP contribution in [0.4, 0.5) is 5.13 Å². The molecule has 0 bridgehead atoms. The molecule has 0 unspecified atom stereocenters. The first-order valence-electron chi connectivity index (χ1n) is 8.38. The molecule has 1 heterocycles. The van der Waals surface area contributed by atoms with Crippen LogP contribution in [0.15, 0.2) is 53.9 Å². The fourth-order valence-electron chi connectivity index (χ4n) is 2.48. The molecule has 5 nitrogen and oxygen atoms in total. The zero-order valence-electron chi connectivity index (χ0n) is 14.7. The number of amides is 2. The highest BCUT2D eigenvalue weighted by Crippen LogP contribution is 2.30. The van der Waals surface area contributed by atoms with Gasteiger partial charge in [-0.2, -0.15) is 0 Å². The van der Waals surface area contributed by atoms with E-state index in [0.717, 1.165) is 11.1 Å². The Morgan fingerprint density at radius 2 is 1.96 bits per heavy atom. The van der Waals surface area contributed by atoms with Crippen LogP contribution in [0.3, 0.4) is 0 Å². The fourth-order valence-corrected chi connectivity index (χ4v) is 3.44. The zero-order chi connectivity index (χ0) is 19.2. The Hall–Kier alpha value is -2.70. The third-order valence-electron chi connectivity index (χ3n) is 3.82. The molecule has 0 saturated heterocycles. The van der Waals surface area contributed by atoms with E-state index in [4.69, 9.17) is 11.6 Å². The zero-order valence-corrected chi connectivity index (χ0v) is 16.2. The molecule has 0 spiro atoms. The Bertz CT molecular complexity index is 971. The van der Waals surface area contributed by atoms with Gasteiger partial charge in [-0.3, -0.25) is 9.59 Å². The summed E-state index contributed by atoms with van der Waals surface area (Å²) in [5.74, 6) is -0.402. The van der Waals surface area contributed by atoms with E-state index in [-0.39, 0.29) is 24.8 Å². The normalized spacial score (nSPS) is 10.4. The molecule has 3 aromatic rings. The van der Waals surface area contributed by atoms with Crippen LogP contribution in [0.1, 0.15) is 22.3 Å². The van der Waals surface area contributed by atoms with Crippen LogP contribution in [-0.4, -0.2) is 23.3 Å². The van der Waals surface area contributed by atoms with Crippen LogP contribution in [0.25, 0.3) is 11.3 Å². The number of hydrogen-bond donors (Lipinski definition) is 2. The molecule has 2 aromatic carbocycles. The van der Waals surface area contributed by atoms with Gasteiger partial charge in [-0.15, -0.1) is 11.3 Å². The van der Waals surface area contributed by atoms with E-state index in [1.54, 1.807) is 18.2 Å². The lowest BCUT2D eigenvalue weighted by Gasteiger charge is -2.06. The number of thiazole rings is 1. The summed E-state index contributed by atoms with van der Waals surface area (Å²) in [7, 11) is 0. The molecule has 2 N–H and O–H groups in total. The summed E-state index contributed by atoms with van der Waals surface area (Å²) in [6.07, 6.45) is 0.165. The maximum Gasteiger partial charge on any atom is 0.251 e. The lowest BCUT2D eigenvalue weighted by molar-refractivity contribution is -0.116. The summed E-state index contributed by atoms with van der Waals surface area (Å²) < 4.78 is 0. The predicted molar refractivity (Wildman–Crippen MR) is 109 cm³/mol. The van der Waals surface area contributed by atoms with Crippen molar-refractivity contribution >= 4 is 39.9 Å². The van der Waals surface area contributed by atoms with Gasteiger partial charge in [0.2, 0.25) is 5.91 Å². The second kappa shape index (κ2) is 8.79. The summed E-state index contributed by atoms with van der Waals surface area (Å²) in [5.41, 5.74) is 3.13. The number of halogens is 1.